The molecule has 0 aliphatic carbocycles. The van der Waals surface area contributed by atoms with Crippen molar-refractivity contribution in [2.45, 2.75) is 219 Å². The van der Waals surface area contributed by atoms with Gasteiger partial charge in [-0.15, -0.1) is 0 Å². The Balaban J connectivity index is 3.55. The number of carbonyl (C=O) groups is 2. The molecule has 0 aromatic carbocycles. The molecule has 0 rings (SSSR count). The van der Waals surface area contributed by atoms with Gasteiger partial charge < -0.3 is 14.6 Å². The molecule has 0 aliphatic rings. The van der Waals surface area contributed by atoms with Crippen LogP contribution in [0.25, 0.3) is 0 Å². The van der Waals surface area contributed by atoms with Crippen molar-refractivity contribution in [1.82, 2.24) is 0 Å². The average Bonchev–Trinajstić information content (AvgIpc) is 3.10. The zero-order chi connectivity index (χ0) is 35.7. The second kappa shape index (κ2) is 40.5. The van der Waals surface area contributed by atoms with Crippen molar-refractivity contribution in [2.24, 2.45) is 0 Å². The molecule has 1 atom stereocenters. The fraction of sp³-hybridized carbons (Fsp3) is 0.818. The largest absolute Gasteiger partial charge is 0.462 e. The van der Waals surface area contributed by atoms with Gasteiger partial charge in [0.1, 0.15) is 6.61 Å². The molecule has 0 saturated heterocycles. The van der Waals surface area contributed by atoms with E-state index in [2.05, 4.69) is 50.3 Å². The maximum absolute atomic E-state index is 12.2. The number of hydrogen-bond acceptors (Lipinski definition) is 5. The molecule has 0 saturated carbocycles. The van der Waals surface area contributed by atoms with Crippen molar-refractivity contribution >= 4 is 11.9 Å². The average molecular weight is 689 g/mol. The Kier molecular flexibility index (Phi) is 39.0. The van der Waals surface area contributed by atoms with Gasteiger partial charge in [-0.1, -0.05) is 166 Å². The summed E-state index contributed by atoms with van der Waals surface area (Å²) in [6, 6.07) is 0. The van der Waals surface area contributed by atoms with Gasteiger partial charge in [0.15, 0.2) is 6.10 Å². The molecule has 49 heavy (non-hydrogen) atoms. The summed E-state index contributed by atoms with van der Waals surface area (Å²) in [4.78, 5) is 24.3. The first kappa shape index (κ1) is 47.1. The lowest BCUT2D eigenvalue weighted by Gasteiger charge is -2.15. The second-order valence-electron chi connectivity index (χ2n) is 14.1. The summed E-state index contributed by atoms with van der Waals surface area (Å²) < 4.78 is 10.6. The molecule has 5 nitrogen and oxygen atoms in total. The van der Waals surface area contributed by atoms with Crippen LogP contribution in [0.5, 0.6) is 0 Å². The molecule has 1 unspecified atom stereocenters. The lowest BCUT2D eigenvalue weighted by molar-refractivity contribution is -0.161. The Labute approximate surface area is 304 Å². The molecule has 0 fully saturated rings. The van der Waals surface area contributed by atoms with Crippen LogP contribution in [-0.2, 0) is 19.1 Å². The van der Waals surface area contributed by atoms with Gasteiger partial charge in [-0.3, -0.25) is 9.59 Å². The third-order valence-electron chi connectivity index (χ3n) is 9.16. The van der Waals surface area contributed by atoms with Crippen LogP contribution >= 0.6 is 0 Å². The van der Waals surface area contributed by atoms with Gasteiger partial charge >= 0.3 is 11.9 Å². The van der Waals surface area contributed by atoms with Crippen LogP contribution < -0.4 is 0 Å². The predicted octanol–water partition coefficient (Wildman–Crippen LogP) is 13.2. The molecule has 0 amide bonds. The molecule has 0 aromatic rings. The zero-order valence-electron chi connectivity index (χ0n) is 32.5. The highest BCUT2D eigenvalue weighted by Crippen LogP contribution is 2.14. The standard InChI is InChI=1S/C44H80O5/c1-3-5-7-9-11-13-15-17-19-21-22-23-25-27-29-31-33-35-37-39-44(47)49-42(40-45)41-48-43(46)38-36-34-32-30-28-26-24-20-18-16-14-12-10-8-6-4-2/h11,13,17,19-20,24,42,45H,3-10,12,14-16,18,21-23,25-41H2,1-2H3/b13-11-,19-17-,24-20-. The second-order valence-corrected chi connectivity index (χ2v) is 14.1. The first-order valence-corrected chi connectivity index (χ1v) is 21.0. The molecule has 1 N–H and O–H groups in total. The number of carbonyl (C=O) groups excluding carboxylic acids is 2. The Morgan fingerprint density at radius 1 is 0.469 bits per heavy atom. The van der Waals surface area contributed by atoms with E-state index in [0.717, 1.165) is 51.4 Å². The van der Waals surface area contributed by atoms with E-state index in [-0.39, 0.29) is 25.2 Å². The van der Waals surface area contributed by atoms with Gasteiger partial charge in [-0.2, -0.15) is 0 Å². The highest BCUT2D eigenvalue weighted by atomic mass is 16.6. The molecule has 0 radical (unpaired) electrons. The quantitative estimate of drug-likeness (QED) is 0.0397. The van der Waals surface area contributed by atoms with Gasteiger partial charge in [0.05, 0.1) is 6.61 Å². The zero-order valence-corrected chi connectivity index (χ0v) is 32.5. The molecule has 5 heteroatoms. The molecule has 0 bridgehead atoms. The van der Waals surface area contributed by atoms with Gasteiger partial charge in [0, 0.05) is 12.8 Å². The van der Waals surface area contributed by atoms with Crippen LogP contribution in [0.4, 0.5) is 0 Å². The molecule has 286 valence electrons. The topological polar surface area (TPSA) is 72.8 Å². The highest BCUT2D eigenvalue weighted by Gasteiger charge is 2.16. The Morgan fingerprint density at radius 3 is 1.27 bits per heavy atom. The van der Waals surface area contributed by atoms with E-state index in [0.29, 0.717) is 12.8 Å². The van der Waals surface area contributed by atoms with Crippen LogP contribution in [-0.4, -0.2) is 36.4 Å². The number of allylic oxidation sites excluding steroid dienone is 6. The monoisotopic (exact) mass is 689 g/mol. The lowest BCUT2D eigenvalue weighted by Crippen LogP contribution is -2.28. The van der Waals surface area contributed by atoms with Crippen molar-refractivity contribution < 1.29 is 24.2 Å². The van der Waals surface area contributed by atoms with Crippen molar-refractivity contribution in [3.05, 3.63) is 36.5 Å². The Bertz CT molecular complexity index is 786. The molecular formula is C44H80O5. The third kappa shape index (κ3) is 38.8. The highest BCUT2D eigenvalue weighted by molar-refractivity contribution is 5.70. The third-order valence-corrected chi connectivity index (χ3v) is 9.16. The molecule has 0 aliphatic heterocycles. The first-order valence-electron chi connectivity index (χ1n) is 21.0. The van der Waals surface area contributed by atoms with E-state index in [4.69, 9.17) is 9.47 Å². The van der Waals surface area contributed by atoms with E-state index in [1.54, 1.807) is 0 Å². The summed E-state index contributed by atoms with van der Waals surface area (Å²) in [6.07, 6.45) is 49.2. The lowest BCUT2D eigenvalue weighted by atomic mass is 10.1. The van der Waals surface area contributed by atoms with E-state index >= 15 is 0 Å². The number of aliphatic hydroxyl groups is 1. The SMILES string of the molecule is CCCCC/C=C\C/C=C\CCCCCCCCCCCC(=O)OC(CO)COC(=O)CCCCCCC/C=C\CCCCCCCCC. The summed E-state index contributed by atoms with van der Waals surface area (Å²) in [5.74, 6) is -0.601. The summed E-state index contributed by atoms with van der Waals surface area (Å²) in [5, 5.41) is 9.57. The Hall–Kier alpha value is -1.88. The van der Waals surface area contributed by atoms with Crippen LogP contribution in [0.15, 0.2) is 36.5 Å². The Morgan fingerprint density at radius 2 is 0.816 bits per heavy atom. The van der Waals surface area contributed by atoms with Crippen LogP contribution in [0.2, 0.25) is 0 Å². The van der Waals surface area contributed by atoms with E-state index in [1.165, 1.54) is 135 Å². The number of hydrogen-bond donors (Lipinski definition) is 1. The van der Waals surface area contributed by atoms with Crippen LogP contribution in [0.1, 0.15) is 213 Å². The summed E-state index contributed by atoms with van der Waals surface area (Å²) in [5.41, 5.74) is 0. The van der Waals surface area contributed by atoms with E-state index in [1.807, 2.05) is 0 Å². The van der Waals surface area contributed by atoms with Gasteiger partial charge in [0.2, 0.25) is 0 Å². The number of rotatable bonds is 38. The summed E-state index contributed by atoms with van der Waals surface area (Å²) >= 11 is 0. The fourth-order valence-electron chi connectivity index (χ4n) is 5.93. The minimum Gasteiger partial charge on any atom is -0.462 e. The number of aliphatic hydroxyl groups excluding tert-OH is 1. The van der Waals surface area contributed by atoms with Crippen molar-refractivity contribution in [3.63, 3.8) is 0 Å². The summed E-state index contributed by atoms with van der Waals surface area (Å²) in [6.45, 7) is 4.11. The van der Waals surface area contributed by atoms with Crippen molar-refractivity contribution in [2.75, 3.05) is 13.2 Å². The van der Waals surface area contributed by atoms with Crippen molar-refractivity contribution in [1.29, 1.82) is 0 Å². The maximum atomic E-state index is 12.2. The van der Waals surface area contributed by atoms with Gasteiger partial charge in [-0.05, 0) is 70.6 Å². The fourth-order valence-corrected chi connectivity index (χ4v) is 5.93. The first-order chi connectivity index (χ1) is 24.1. The number of esters is 2. The maximum Gasteiger partial charge on any atom is 0.306 e. The summed E-state index contributed by atoms with van der Waals surface area (Å²) in [7, 11) is 0. The van der Waals surface area contributed by atoms with Gasteiger partial charge in [0.25, 0.3) is 0 Å². The van der Waals surface area contributed by atoms with E-state index < -0.39 is 6.10 Å². The predicted molar refractivity (Wildman–Crippen MR) is 210 cm³/mol. The van der Waals surface area contributed by atoms with E-state index in [9.17, 15) is 14.7 Å². The minimum absolute atomic E-state index is 0.0703. The van der Waals surface area contributed by atoms with Crippen molar-refractivity contribution in [3.8, 4) is 0 Å². The molecule has 0 aromatic heterocycles. The van der Waals surface area contributed by atoms with Crippen LogP contribution in [0, 0.1) is 0 Å². The molecule has 0 spiro atoms. The van der Waals surface area contributed by atoms with Gasteiger partial charge in [-0.25, -0.2) is 0 Å². The number of ether oxygens (including phenoxy) is 2. The minimum atomic E-state index is -0.775. The normalized spacial score (nSPS) is 12.5. The number of unbranched alkanes of at least 4 members (excludes halogenated alkanes) is 24. The molecular weight excluding hydrogens is 608 g/mol. The smallest absolute Gasteiger partial charge is 0.306 e. The molecule has 0 heterocycles. The van der Waals surface area contributed by atoms with Crippen LogP contribution in [0.3, 0.4) is 0 Å².